The van der Waals surface area contributed by atoms with E-state index in [-0.39, 0.29) is 11.7 Å². The minimum atomic E-state index is -0.175. The number of amides is 1. The highest BCUT2D eigenvalue weighted by Crippen LogP contribution is 2.32. The monoisotopic (exact) mass is 327 g/mol. The zero-order valence-electron chi connectivity index (χ0n) is 13.9. The number of aryl methyl sites for hydroxylation is 1. The minimum absolute atomic E-state index is 0.133. The van der Waals surface area contributed by atoms with Crippen molar-refractivity contribution in [2.24, 2.45) is 18.9 Å². The summed E-state index contributed by atoms with van der Waals surface area (Å²) in [6, 6.07) is 10.6. The van der Waals surface area contributed by atoms with Gasteiger partial charge in [-0.05, 0) is 41.7 Å². The first-order chi connectivity index (χ1) is 11.6. The Balaban J connectivity index is 1.37. The summed E-state index contributed by atoms with van der Waals surface area (Å²) >= 11 is 0. The molecule has 4 nitrogen and oxygen atoms in total. The third kappa shape index (κ3) is 2.84. The molecule has 126 valence electrons. The number of benzene rings is 1. The number of carbonyl (C=O) groups excluding carboxylic acids is 1. The number of hydrogen-bond acceptors (Lipinski definition) is 2. The van der Waals surface area contributed by atoms with E-state index >= 15 is 0 Å². The van der Waals surface area contributed by atoms with Gasteiger partial charge in [0.05, 0.1) is 0 Å². The Hall–Kier alpha value is -2.14. The molecule has 0 aliphatic carbocycles. The average molecular weight is 327 g/mol. The zero-order valence-corrected chi connectivity index (χ0v) is 13.9. The lowest BCUT2D eigenvalue weighted by atomic mass is 10.0. The van der Waals surface area contributed by atoms with Crippen molar-refractivity contribution in [3.05, 3.63) is 59.7 Å². The van der Waals surface area contributed by atoms with Gasteiger partial charge in [0.15, 0.2) is 0 Å². The molecular weight excluding hydrogens is 305 g/mol. The fraction of sp³-hybridized carbons (Fsp3) is 0.421. The number of fused-ring (bicyclic) bond motifs is 1. The molecule has 2 aliphatic heterocycles. The van der Waals surface area contributed by atoms with Gasteiger partial charge < -0.3 is 9.47 Å². The van der Waals surface area contributed by atoms with Crippen LogP contribution in [0.2, 0.25) is 0 Å². The number of nitrogens with zero attached hydrogens (tertiary/aromatic N) is 3. The fourth-order valence-electron chi connectivity index (χ4n) is 4.12. The van der Waals surface area contributed by atoms with Crippen LogP contribution < -0.4 is 0 Å². The average Bonchev–Trinajstić information content (AvgIpc) is 3.21. The highest BCUT2D eigenvalue weighted by Gasteiger charge is 2.41. The molecule has 0 saturated carbocycles. The van der Waals surface area contributed by atoms with Crippen molar-refractivity contribution < 1.29 is 9.18 Å². The number of likely N-dealkylation sites (tertiary alicyclic amines) is 2. The summed E-state index contributed by atoms with van der Waals surface area (Å²) in [7, 11) is 1.91. The van der Waals surface area contributed by atoms with Crippen molar-refractivity contribution in [2.75, 3.05) is 26.2 Å². The van der Waals surface area contributed by atoms with E-state index in [4.69, 9.17) is 0 Å². The van der Waals surface area contributed by atoms with E-state index in [9.17, 15) is 9.18 Å². The van der Waals surface area contributed by atoms with Gasteiger partial charge >= 0.3 is 0 Å². The number of aromatic nitrogens is 1. The predicted octanol–water partition coefficient (Wildman–Crippen LogP) is 2.37. The quantitative estimate of drug-likeness (QED) is 0.866. The Bertz CT molecular complexity index is 743. The Labute approximate surface area is 141 Å². The summed E-state index contributed by atoms with van der Waals surface area (Å²) in [6.45, 7) is 4.41. The zero-order chi connectivity index (χ0) is 16.7. The van der Waals surface area contributed by atoms with Crippen LogP contribution in [-0.4, -0.2) is 46.5 Å². The Morgan fingerprint density at radius 1 is 1.12 bits per heavy atom. The summed E-state index contributed by atoms with van der Waals surface area (Å²) in [5.41, 5.74) is 1.78. The van der Waals surface area contributed by atoms with Crippen molar-refractivity contribution in [1.82, 2.24) is 14.4 Å². The van der Waals surface area contributed by atoms with E-state index in [1.807, 2.05) is 40.9 Å². The van der Waals surface area contributed by atoms with Gasteiger partial charge in [0.1, 0.15) is 11.5 Å². The van der Waals surface area contributed by atoms with Crippen molar-refractivity contribution in [1.29, 1.82) is 0 Å². The fourth-order valence-corrected chi connectivity index (χ4v) is 4.12. The second-order valence-electron chi connectivity index (χ2n) is 7.06. The van der Waals surface area contributed by atoms with Gasteiger partial charge in [-0.3, -0.25) is 9.69 Å². The Morgan fingerprint density at radius 3 is 2.50 bits per heavy atom. The van der Waals surface area contributed by atoms with Crippen LogP contribution in [0.3, 0.4) is 0 Å². The molecule has 1 aromatic carbocycles. The highest BCUT2D eigenvalue weighted by molar-refractivity contribution is 5.93. The lowest BCUT2D eigenvalue weighted by Gasteiger charge is -2.22. The maximum atomic E-state index is 13.3. The molecule has 2 atom stereocenters. The van der Waals surface area contributed by atoms with Crippen molar-refractivity contribution in [3.8, 4) is 0 Å². The molecule has 1 aromatic heterocycles. The number of halogens is 1. The Morgan fingerprint density at radius 2 is 1.88 bits per heavy atom. The normalized spacial score (nSPS) is 23.7. The molecule has 2 fully saturated rings. The molecule has 2 aromatic rings. The molecule has 0 radical (unpaired) electrons. The second-order valence-corrected chi connectivity index (χ2v) is 7.06. The third-order valence-electron chi connectivity index (χ3n) is 5.31. The molecule has 5 heteroatoms. The van der Waals surface area contributed by atoms with Crippen LogP contribution in [0.5, 0.6) is 0 Å². The first kappa shape index (κ1) is 15.4. The van der Waals surface area contributed by atoms with E-state index in [0.717, 1.165) is 44.0 Å². The van der Waals surface area contributed by atoms with Gasteiger partial charge in [-0.15, -0.1) is 0 Å². The molecule has 2 aliphatic rings. The summed E-state index contributed by atoms with van der Waals surface area (Å²) < 4.78 is 15.2. The number of hydrogen-bond donors (Lipinski definition) is 0. The summed E-state index contributed by atoms with van der Waals surface area (Å²) in [5, 5.41) is 0. The van der Waals surface area contributed by atoms with Crippen molar-refractivity contribution >= 4 is 5.91 Å². The van der Waals surface area contributed by atoms with E-state index in [0.29, 0.717) is 11.8 Å². The summed E-state index contributed by atoms with van der Waals surface area (Å²) in [5.74, 6) is 1.02. The van der Waals surface area contributed by atoms with Gasteiger partial charge in [-0.2, -0.15) is 0 Å². The van der Waals surface area contributed by atoms with Crippen LogP contribution in [0.25, 0.3) is 0 Å². The van der Waals surface area contributed by atoms with E-state index < -0.39 is 0 Å². The second kappa shape index (κ2) is 6.06. The molecule has 3 heterocycles. The van der Waals surface area contributed by atoms with Crippen molar-refractivity contribution in [2.45, 2.75) is 6.54 Å². The van der Waals surface area contributed by atoms with E-state index in [1.165, 1.54) is 6.07 Å². The van der Waals surface area contributed by atoms with Gasteiger partial charge in [0.25, 0.3) is 5.91 Å². The van der Waals surface area contributed by atoms with Gasteiger partial charge in [0, 0.05) is 46.0 Å². The van der Waals surface area contributed by atoms with Gasteiger partial charge in [-0.25, -0.2) is 4.39 Å². The molecule has 2 saturated heterocycles. The summed E-state index contributed by atoms with van der Waals surface area (Å²) in [4.78, 5) is 17.0. The van der Waals surface area contributed by atoms with Crippen LogP contribution >= 0.6 is 0 Å². The molecule has 24 heavy (non-hydrogen) atoms. The lowest BCUT2D eigenvalue weighted by molar-refractivity contribution is 0.0764. The molecule has 2 unspecified atom stereocenters. The van der Waals surface area contributed by atoms with E-state index in [2.05, 4.69) is 4.90 Å². The third-order valence-corrected chi connectivity index (χ3v) is 5.31. The predicted molar refractivity (Wildman–Crippen MR) is 90.0 cm³/mol. The van der Waals surface area contributed by atoms with Crippen LogP contribution in [0.1, 0.15) is 16.1 Å². The van der Waals surface area contributed by atoms with Gasteiger partial charge in [0.2, 0.25) is 0 Å². The van der Waals surface area contributed by atoms with E-state index in [1.54, 1.807) is 12.1 Å². The summed E-state index contributed by atoms with van der Waals surface area (Å²) in [6.07, 6.45) is 1.91. The Kier molecular flexibility index (Phi) is 3.88. The van der Waals surface area contributed by atoms with Crippen molar-refractivity contribution in [3.63, 3.8) is 0 Å². The smallest absolute Gasteiger partial charge is 0.270 e. The van der Waals surface area contributed by atoms with Crippen LogP contribution in [0.15, 0.2) is 42.6 Å². The number of rotatable bonds is 3. The minimum Gasteiger partial charge on any atom is -0.347 e. The lowest BCUT2D eigenvalue weighted by Crippen LogP contribution is -2.34. The topological polar surface area (TPSA) is 28.5 Å². The molecular formula is C19H22FN3O. The highest BCUT2D eigenvalue weighted by atomic mass is 19.1. The maximum absolute atomic E-state index is 13.3. The molecule has 0 spiro atoms. The number of carbonyl (C=O) groups is 1. The molecule has 1 amide bonds. The molecule has 0 N–H and O–H groups in total. The largest absolute Gasteiger partial charge is 0.347 e. The maximum Gasteiger partial charge on any atom is 0.270 e. The van der Waals surface area contributed by atoms with Crippen LogP contribution in [-0.2, 0) is 13.6 Å². The first-order valence-corrected chi connectivity index (χ1v) is 8.47. The van der Waals surface area contributed by atoms with Crippen LogP contribution in [0, 0.1) is 17.7 Å². The first-order valence-electron chi connectivity index (χ1n) is 8.47. The molecule has 4 rings (SSSR count). The van der Waals surface area contributed by atoms with Crippen LogP contribution in [0.4, 0.5) is 4.39 Å². The standard InChI is InChI=1S/C19H22FN3O/c1-21-7-3-6-18(21)19(24)23-12-15-10-22(11-16(15)13-23)9-14-4-2-5-17(20)8-14/h2-8,15-16H,9-13H2,1H3. The molecule has 0 bridgehead atoms. The van der Waals surface area contributed by atoms with Gasteiger partial charge in [-0.1, -0.05) is 12.1 Å². The SMILES string of the molecule is Cn1cccc1C(=O)N1CC2CN(Cc3cccc(F)c3)CC2C1.